The van der Waals surface area contributed by atoms with Crippen molar-refractivity contribution in [2.45, 2.75) is 38.5 Å². The summed E-state index contributed by atoms with van der Waals surface area (Å²) in [6, 6.07) is -0.0528. The van der Waals surface area contributed by atoms with E-state index in [1.807, 2.05) is 6.92 Å². The van der Waals surface area contributed by atoms with E-state index in [1.54, 1.807) is 13.8 Å². The highest BCUT2D eigenvalue weighted by Crippen LogP contribution is 2.26. The van der Waals surface area contributed by atoms with Crippen molar-refractivity contribution in [1.29, 1.82) is 0 Å². The second-order valence-corrected chi connectivity index (χ2v) is 6.83. The molecule has 1 aliphatic heterocycles. The molecule has 8 heteroatoms. The third kappa shape index (κ3) is 3.13. The molecule has 1 fully saturated rings. The number of hydrogen-bond acceptors (Lipinski definition) is 6. The molecule has 0 aliphatic carbocycles. The number of rotatable bonds is 5. The van der Waals surface area contributed by atoms with E-state index in [1.165, 1.54) is 0 Å². The maximum Gasteiger partial charge on any atom is 0.233 e. The van der Waals surface area contributed by atoms with Crippen molar-refractivity contribution in [2.24, 2.45) is 0 Å². The molecule has 108 valence electrons. The summed E-state index contributed by atoms with van der Waals surface area (Å²) in [6.07, 6.45) is 0.632. The Morgan fingerprint density at radius 3 is 2.84 bits per heavy atom. The molecule has 0 amide bonds. The fraction of sp³-hybridized carbons (Fsp3) is 0.818. The molecule has 0 aromatic carbocycles. The second kappa shape index (κ2) is 5.56. The SMILES string of the molecule is CCNS(=O)(=O)C1CCN(C(C)c2nnc(C)o2)C1. The normalized spacial score (nSPS) is 22.8. The Morgan fingerprint density at radius 1 is 1.53 bits per heavy atom. The minimum absolute atomic E-state index is 0.0528. The molecule has 2 unspecified atom stereocenters. The van der Waals surface area contributed by atoms with Crippen LogP contribution in [0.2, 0.25) is 0 Å². The van der Waals surface area contributed by atoms with Crippen LogP contribution in [-0.2, 0) is 10.0 Å². The molecular weight excluding hydrogens is 268 g/mol. The van der Waals surface area contributed by atoms with Gasteiger partial charge in [-0.15, -0.1) is 10.2 Å². The topological polar surface area (TPSA) is 88.3 Å². The van der Waals surface area contributed by atoms with Crippen molar-refractivity contribution >= 4 is 10.0 Å². The molecule has 19 heavy (non-hydrogen) atoms. The van der Waals surface area contributed by atoms with Crippen LogP contribution in [0.25, 0.3) is 0 Å². The lowest BCUT2D eigenvalue weighted by Crippen LogP contribution is -2.36. The van der Waals surface area contributed by atoms with E-state index in [0.29, 0.717) is 31.3 Å². The monoisotopic (exact) mass is 288 g/mol. The molecule has 1 N–H and O–H groups in total. The van der Waals surface area contributed by atoms with Crippen LogP contribution in [0, 0.1) is 6.92 Å². The molecular formula is C11H20N4O3S. The molecule has 0 bridgehead atoms. The van der Waals surface area contributed by atoms with Crippen molar-refractivity contribution in [1.82, 2.24) is 19.8 Å². The summed E-state index contributed by atoms with van der Waals surface area (Å²) >= 11 is 0. The lowest BCUT2D eigenvalue weighted by Gasteiger charge is -2.21. The van der Waals surface area contributed by atoms with Crippen LogP contribution in [0.3, 0.4) is 0 Å². The Morgan fingerprint density at radius 2 is 2.26 bits per heavy atom. The third-order valence-corrected chi connectivity index (χ3v) is 5.36. The molecule has 7 nitrogen and oxygen atoms in total. The Balaban J connectivity index is 2.02. The summed E-state index contributed by atoms with van der Waals surface area (Å²) in [5, 5.41) is 7.43. The summed E-state index contributed by atoms with van der Waals surface area (Å²) in [5.41, 5.74) is 0. The van der Waals surface area contributed by atoms with Gasteiger partial charge in [0.25, 0.3) is 0 Å². The van der Waals surface area contributed by atoms with Gasteiger partial charge in [0.2, 0.25) is 21.8 Å². The molecule has 1 saturated heterocycles. The molecule has 1 aromatic heterocycles. The van der Waals surface area contributed by atoms with E-state index in [4.69, 9.17) is 4.42 Å². The zero-order valence-electron chi connectivity index (χ0n) is 11.5. The van der Waals surface area contributed by atoms with E-state index in [2.05, 4.69) is 19.8 Å². The third-order valence-electron chi connectivity index (χ3n) is 3.41. The van der Waals surface area contributed by atoms with Crippen molar-refractivity contribution in [3.8, 4) is 0 Å². The van der Waals surface area contributed by atoms with Gasteiger partial charge < -0.3 is 4.42 Å². The van der Waals surface area contributed by atoms with Crippen LogP contribution < -0.4 is 4.72 Å². The molecule has 2 atom stereocenters. The standard InChI is InChI=1S/C11H20N4O3S/c1-4-12-19(16,17)10-5-6-15(7-10)8(2)11-14-13-9(3)18-11/h8,10,12H,4-7H2,1-3H3. The molecule has 0 radical (unpaired) electrons. The van der Waals surface area contributed by atoms with Gasteiger partial charge in [0, 0.05) is 26.6 Å². The van der Waals surface area contributed by atoms with Crippen molar-refractivity contribution in [2.75, 3.05) is 19.6 Å². The van der Waals surface area contributed by atoms with Gasteiger partial charge >= 0.3 is 0 Å². The highest BCUT2D eigenvalue weighted by Gasteiger charge is 2.36. The fourth-order valence-electron chi connectivity index (χ4n) is 2.31. The Kier molecular flexibility index (Phi) is 4.22. The van der Waals surface area contributed by atoms with Crippen LogP contribution in [-0.4, -0.2) is 48.4 Å². The Labute approximate surface area is 113 Å². The maximum atomic E-state index is 12.0. The highest BCUT2D eigenvalue weighted by molar-refractivity contribution is 7.90. The quantitative estimate of drug-likeness (QED) is 0.846. The van der Waals surface area contributed by atoms with Gasteiger partial charge in [0.1, 0.15) is 0 Å². The number of sulfonamides is 1. The predicted molar refractivity (Wildman–Crippen MR) is 70.0 cm³/mol. The minimum Gasteiger partial charge on any atom is -0.424 e. The second-order valence-electron chi connectivity index (χ2n) is 4.78. The number of nitrogens with zero attached hydrogens (tertiary/aromatic N) is 3. The van der Waals surface area contributed by atoms with Gasteiger partial charge in [0.05, 0.1) is 11.3 Å². The number of aromatic nitrogens is 2. The van der Waals surface area contributed by atoms with Crippen LogP contribution in [0.15, 0.2) is 4.42 Å². The molecule has 1 aliphatic rings. The van der Waals surface area contributed by atoms with Gasteiger partial charge in [-0.3, -0.25) is 4.90 Å². The zero-order valence-corrected chi connectivity index (χ0v) is 12.3. The summed E-state index contributed by atoms with van der Waals surface area (Å²) in [4.78, 5) is 2.06. The summed E-state index contributed by atoms with van der Waals surface area (Å²) in [5.74, 6) is 1.07. The molecule has 2 rings (SSSR count). The minimum atomic E-state index is -3.21. The first-order valence-electron chi connectivity index (χ1n) is 6.46. The number of aryl methyl sites for hydroxylation is 1. The van der Waals surface area contributed by atoms with E-state index in [0.717, 1.165) is 6.54 Å². The van der Waals surface area contributed by atoms with Crippen LogP contribution >= 0.6 is 0 Å². The predicted octanol–water partition coefficient (Wildman–Crippen LogP) is 0.453. The Hall–Kier alpha value is -0.990. The maximum absolute atomic E-state index is 12.0. The lowest BCUT2D eigenvalue weighted by atomic mass is 10.3. The smallest absolute Gasteiger partial charge is 0.233 e. The van der Waals surface area contributed by atoms with E-state index < -0.39 is 10.0 Å². The largest absolute Gasteiger partial charge is 0.424 e. The van der Waals surface area contributed by atoms with Crippen molar-refractivity contribution < 1.29 is 12.8 Å². The van der Waals surface area contributed by atoms with Gasteiger partial charge in [-0.25, -0.2) is 13.1 Å². The molecule has 0 spiro atoms. The number of hydrogen-bond donors (Lipinski definition) is 1. The van der Waals surface area contributed by atoms with E-state index in [9.17, 15) is 8.42 Å². The number of nitrogens with one attached hydrogen (secondary N) is 1. The van der Waals surface area contributed by atoms with Crippen LogP contribution in [0.5, 0.6) is 0 Å². The summed E-state index contributed by atoms with van der Waals surface area (Å²) in [6.45, 7) is 7.13. The first-order valence-corrected chi connectivity index (χ1v) is 8.01. The van der Waals surface area contributed by atoms with Gasteiger partial charge in [-0.2, -0.15) is 0 Å². The lowest BCUT2D eigenvalue weighted by molar-refractivity contribution is 0.223. The van der Waals surface area contributed by atoms with E-state index >= 15 is 0 Å². The van der Waals surface area contributed by atoms with Crippen molar-refractivity contribution in [3.63, 3.8) is 0 Å². The van der Waals surface area contributed by atoms with Crippen LogP contribution in [0.1, 0.15) is 38.1 Å². The molecule has 0 saturated carbocycles. The van der Waals surface area contributed by atoms with Gasteiger partial charge in [-0.1, -0.05) is 6.92 Å². The first-order chi connectivity index (χ1) is 8.94. The highest BCUT2D eigenvalue weighted by atomic mass is 32.2. The molecule has 1 aromatic rings. The van der Waals surface area contributed by atoms with Crippen molar-refractivity contribution in [3.05, 3.63) is 11.8 Å². The van der Waals surface area contributed by atoms with Gasteiger partial charge in [0.15, 0.2) is 0 Å². The average molecular weight is 288 g/mol. The summed E-state index contributed by atoms with van der Waals surface area (Å²) < 4.78 is 31.9. The van der Waals surface area contributed by atoms with E-state index in [-0.39, 0.29) is 11.3 Å². The number of likely N-dealkylation sites (tertiary alicyclic amines) is 1. The van der Waals surface area contributed by atoms with Gasteiger partial charge in [-0.05, 0) is 13.3 Å². The average Bonchev–Trinajstić information content (AvgIpc) is 2.96. The zero-order chi connectivity index (χ0) is 14.0. The Bertz CT molecular complexity index is 528. The summed E-state index contributed by atoms with van der Waals surface area (Å²) in [7, 11) is -3.21. The fourth-order valence-corrected chi connectivity index (χ4v) is 3.76. The van der Waals surface area contributed by atoms with Crippen LogP contribution in [0.4, 0.5) is 0 Å². The molecule has 2 heterocycles. The first kappa shape index (κ1) is 14.4.